The molecule has 1 aromatic rings. The van der Waals surface area contributed by atoms with Crippen LogP contribution in [0.25, 0.3) is 0 Å². The van der Waals surface area contributed by atoms with E-state index in [9.17, 15) is 4.79 Å². The van der Waals surface area contributed by atoms with Crippen molar-refractivity contribution in [3.05, 3.63) is 17.5 Å². The first-order chi connectivity index (χ1) is 7.79. The molecule has 6 nitrogen and oxygen atoms in total. The number of amidine groups is 1. The fourth-order valence-corrected chi connectivity index (χ4v) is 1.97. The van der Waals surface area contributed by atoms with Crippen molar-refractivity contribution in [2.24, 2.45) is 7.05 Å². The van der Waals surface area contributed by atoms with Crippen molar-refractivity contribution in [2.45, 2.75) is 32.2 Å². The molecule has 1 aromatic heterocycles. The molecule has 0 saturated carbocycles. The second-order valence-corrected chi connectivity index (χ2v) is 5.30. The molecule has 2 heterocycles. The van der Waals surface area contributed by atoms with Gasteiger partial charge in [-0.1, -0.05) is 20.8 Å². The van der Waals surface area contributed by atoms with Gasteiger partial charge >= 0.3 is 6.03 Å². The van der Waals surface area contributed by atoms with Crippen LogP contribution in [0, 0.1) is 5.41 Å². The minimum absolute atomic E-state index is 0.121. The highest BCUT2D eigenvalue weighted by molar-refractivity contribution is 6.06. The van der Waals surface area contributed by atoms with E-state index in [0.29, 0.717) is 0 Å². The number of carbonyl (C=O) groups is 1. The van der Waals surface area contributed by atoms with Crippen LogP contribution >= 0.6 is 0 Å². The van der Waals surface area contributed by atoms with Gasteiger partial charge < -0.3 is 5.32 Å². The Hall–Kier alpha value is -1.85. The molecule has 2 amide bonds. The molecular weight excluding hydrogens is 218 g/mol. The van der Waals surface area contributed by atoms with Crippen molar-refractivity contribution >= 4 is 11.9 Å². The van der Waals surface area contributed by atoms with Crippen molar-refractivity contribution in [2.75, 3.05) is 0 Å². The number of aryl methyl sites for hydroxylation is 1. The summed E-state index contributed by atoms with van der Waals surface area (Å²) >= 11 is 0. The van der Waals surface area contributed by atoms with Gasteiger partial charge in [-0.2, -0.15) is 5.10 Å². The zero-order valence-corrected chi connectivity index (χ0v) is 10.5. The van der Waals surface area contributed by atoms with Gasteiger partial charge in [0, 0.05) is 24.2 Å². The van der Waals surface area contributed by atoms with E-state index < -0.39 is 6.04 Å². The lowest BCUT2D eigenvalue weighted by Crippen LogP contribution is -2.24. The van der Waals surface area contributed by atoms with Gasteiger partial charge in [-0.25, -0.2) is 4.79 Å². The van der Waals surface area contributed by atoms with E-state index in [1.807, 2.05) is 13.2 Å². The zero-order valence-electron chi connectivity index (χ0n) is 10.5. The van der Waals surface area contributed by atoms with Crippen LogP contribution < -0.4 is 10.6 Å². The number of urea groups is 1. The van der Waals surface area contributed by atoms with Crippen LogP contribution in [0.2, 0.25) is 0 Å². The van der Waals surface area contributed by atoms with Gasteiger partial charge in [0.05, 0.1) is 5.69 Å². The summed E-state index contributed by atoms with van der Waals surface area (Å²) < 4.78 is 1.72. The Labute approximate surface area is 99.9 Å². The summed E-state index contributed by atoms with van der Waals surface area (Å²) in [5, 5.41) is 17.3. The monoisotopic (exact) mass is 235 g/mol. The Balaban J connectivity index is 2.45. The van der Waals surface area contributed by atoms with Crippen LogP contribution in [-0.2, 0) is 12.5 Å². The van der Waals surface area contributed by atoms with Crippen molar-refractivity contribution in [1.82, 2.24) is 20.4 Å². The first-order valence-corrected chi connectivity index (χ1v) is 5.49. The van der Waals surface area contributed by atoms with Gasteiger partial charge in [-0.05, 0) is 0 Å². The summed E-state index contributed by atoms with van der Waals surface area (Å²) in [5.74, 6) is 0.175. The molecule has 0 bridgehead atoms. The SMILES string of the molecule is Cn1cc(C2NC(=O)NC2=N)c(C(C)(C)C)n1. The summed E-state index contributed by atoms with van der Waals surface area (Å²) in [5.41, 5.74) is 1.66. The fourth-order valence-electron chi connectivity index (χ4n) is 1.97. The van der Waals surface area contributed by atoms with Crippen LogP contribution in [0.5, 0.6) is 0 Å². The predicted octanol–water partition coefficient (Wildman–Crippen LogP) is 1.05. The molecule has 17 heavy (non-hydrogen) atoms. The Kier molecular flexibility index (Phi) is 2.45. The van der Waals surface area contributed by atoms with E-state index in [0.717, 1.165) is 11.3 Å². The number of hydrogen-bond donors (Lipinski definition) is 3. The highest BCUT2D eigenvalue weighted by Gasteiger charge is 2.34. The molecule has 6 heteroatoms. The second-order valence-electron chi connectivity index (χ2n) is 5.30. The summed E-state index contributed by atoms with van der Waals surface area (Å²) in [6.45, 7) is 6.19. The topological polar surface area (TPSA) is 82.8 Å². The smallest absolute Gasteiger partial charge is 0.321 e. The van der Waals surface area contributed by atoms with Crippen LogP contribution in [0.3, 0.4) is 0 Å². The lowest BCUT2D eigenvalue weighted by molar-refractivity contribution is 0.248. The van der Waals surface area contributed by atoms with Crippen molar-refractivity contribution < 1.29 is 4.79 Å². The minimum Gasteiger partial charge on any atom is -0.324 e. The Morgan fingerprint density at radius 3 is 2.59 bits per heavy atom. The number of nitrogens with zero attached hydrogens (tertiary/aromatic N) is 2. The highest BCUT2D eigenvalue weighted by atomic mass is 16.2. The summed E-state index contributed by atoms with van der Waals surface area (Å²) in [4.78, 5) is 11.2. The number of aromatic nitrogens is 2. The molecular formula is C11H17N5O. The number of rotatable bonds is 1. The van der Waals surface area contributed by atoms with Gasteiger partial charge in [0.15, 0.2) is 0 Å². The van der Waals surface area contributed by atoms with Gasteiger partial charge in [0.25, 0.3) is 0 Å². The molecule has 0 aromatic carbocycles. The zero-order chi connectivity index (χ0) is 12.8. The lowest BCUT2D eigenvalue weighted by atomic mass is 9.87. The Morgan fingerprint density at radius 2 is 2.12 bits per heavy atom. The minimum atomic E-state index is -0.412. The maximum Gasteiger partial charge on any atom is 0.321 e. The Bertz CT molecular complexity index is 483. The largest absolute Gasteiger partial charge is 0.324 e. The number of nitrogens with one attached hydrogen (secondary N) is 3. The van der Waals surface area contributed by atoms with Crippen molar-refractivity contribution in [3.63, 3.8) is 0 Å². The van der Waals surface area contributed by atoms with Gasteiger partial charge in [0.2, 0.25) is 0 Å². The van der Waals surface area contributed by atoms with Gasteiger partial charge in [0.1, 0.15) is 11.9 Å². The third kappa shape index (κ3) is 2.02. The molecule has 0 spiro atoms. The molecule has 1 saturated heterocycles. The molecule has 1 unspecified atom stereocenters. The summed E-state index contributed by atoms with van der Waals surface area (Å²) in [6.07, 6.45) is 1.85. The van der Waals surface area contributed by atoms with Crippen LogP contribution in [0.1, 0.15) is 38.1 Å². The van der Waals surface area contributed by atoms with E-state index in [2.05, 4.69) is 36.5 Å². The molecule has 1 fully saturated rings. The van der Waals surface area contributed by atoms with Crippen molar-refractivity contribution in [3.8, 4) is 0 Å². The first kappa shape index (κ1) is 11.6. The van der Waals surface area contributed by atoms with E-state index in [4.69, 9.17) is 5.41 Å². The Morgan fingerprint density at radius 1 is 1.47 bits per heavy atom. The van der Waals surface area contributed by atoms with Crippen LogP contribution in [0.4, 0.5) is 4.79 Å². The first-order valence-electron chi connectivity index (χ1n) is 5.49. The molecule has 0 radical (unpaired) electrons. The second kappa shape index (κ2) is 3.58. The normalized spacial score (nSPS) is 20.4. The van der Waals surface area contributed by atoms with Crippen LogP contribution in [-0.4, -0.2) is 21.6 Å². The highest BCUT2D eigenvalue weighted by Crippen LogP contribution is 2.29. The molecule has 3 N–H and O–H groups in total. The third-order valence-corrected chi connectivity index (χ3v) is 2.69. The molecule has 1 aliphatic heterocycles. The molecule has 2 rings (SSSR count). The third-order valence-electron chi connectivity index (χ3n) is 2.69. The molecule has 1 atom stereocenters. The van der Waals surface area contributed by atoms with E-state index >= 15 is 0 Å². The molecule has 0 aliphatic carbocycles. The maximum absolute atomic E-state index is 11.2. The standard InChI is InChI=1S/C11H17N5O/c1-11(2,3)8-6(5-16(4)15-8)7-9(12)14-10(17)13-7/h5,7H,1-4H3,(H3,12,13,14,17). The number of amides is 2. The summed E-state index contributed by atoms with van der Waals surface area (Å²) in [6, 6.07) is -0.742. The van der Waals surface area contributed by atoms with Gasteiger partial charge in [-0.3, -0.25) is 15.4 Å². The number of hydrogen-bond acceptors (Lipinski definition) is 3. The lowest BCUT2D eigenvalue weighted by Gasteiger charge is -2.19. The molecule has 92 valence electrons. The molecule has 1 aliphatic rings. The summed E-state index contributed by atoms with van der Waals surface area (Å²) in [7, 11) is 1.84. The quantitative estimate of drug-likeness (QED) is 0.680. The average Bonchev–Trinajstić information content (AvgIpc) is 2.68. The van der Waals surface area contributed by atoms with Crippen LogP contribution in [0.15, 0.2) is 6.20 Å². The number of carbonyl (C=O) groups excluding carboxylic acids is 1. The van der Waals surface area contributed by atoms with E-state index in [1.54, 1.807) is 4.68 Å². The van der Waals surface area contributed by atoms with Crippen molar-refractivity contribution in [1.29, 1.82) is 5.41 Å². The van der Waals surface area contributed by atoms with E-state index in [1.165, 1.54) is 0 Å². The predicted molar refractivity (Wildman–Crippen MR) is 64.0 cm³/mol. The average molecular weight is 235 g/mol. The van der Waals surface area contributed by atoms with Gasteiger partial charge in [-0.15, -0.1) is 0 Å². The fraction of sp³-hybridized carbons (Fsp3) is 0.545. The van der Waals surface area contributed by atoms with E-state index in [-0.39, 0.29) is 17.3 Å². The maximum atomic E-state index is 11.2.